The number of alkyl halides is 3. The lowest BCUT2D eigenvalue weighted by atomic mass is 10.1. The molecule has 3 rings (SSSR count). The van der Waals surface area contributed by atoms with Crippen LogP contribution in [-0.4, -0.2) is 4.98 Å². The monoisotopic (exact) mass is 330 g/mol. The summed E-state index contributed by atoms with van der Waals surface area (Å²) in [5.41, 5.74) is 4.27. The molecule has 2 nitrogen and oxygen atoms in total. The Morgan fingerprint density at radius 3 is 2.29 bits per heavy atom. The first-order valence-corrected chi connectivity index (χ1v) is 7.57. The number of nitrogens with one attached hydrogen (secondary N) is 1. The van der Waals surface area contributed by atoms with Gasteiger partial charge in [0.1, 0.15) is 0 Å². The molecule has 0 atom stereocenters. The normalized spacial score (nSPS) is 11.8. The average Bonchev–Trinajstić information content (AvgIpc) is 2.49. The maximum absolute atomic E-state index is 12.9. The highest BCUT2D eigenvalue weighted by atomic mass is 19.4. The van der Waals surface area contributed by atoms with E-state index in [0.29, 0.717) is 16.6 Å². The Kier molecular flexibility index (Phi) is 3.95. The molecular weight excluding hydrogens is 313 g/mol. The van der Waals surface area contributed by atoms with Crippen LogP contribution in [0.5, 0.6) is 0 Å². The summed E-state index contributed by atoms with van der Waals surface area (Å²) in [5.74, 6) is 0. The van der Waals surface area contributed by atoms with Gasteiger partial charge in [0.05, 0.1) is 11.1 Å². The lowest BCUT2D eigenvalue weighted by Gasteiger charge is -2.14. The molecule has 3 aromatic rings. The van der Waals surface area contributed by atoms with Gasteiger partial charge < -0.3 is 5.32 Å². The van der Waals surface area contributed by atoms with E-state index in [1.165, 1.54) is 11.6 Å². The highest BCUT2D eigenvalue weighted by Crippen LogP contribution is 2.34. The Hall–Kier alpha value is -2.56. The van der Waals surface area contributed by atoms with E-state index in [0.717, 1.165) is 29.1 Å². The molecule has 0 saturated carbocycles. The van der Waals surface area contributed by atoms with Crippen molar-refractivity contribution in [1.82, 2.24) is 4.98 Å². The first kappa shape index (κ1) is 16.3. The molecule has 0 fully saturated rings. The summed E-state index contributed by atoms with van der Waals surface area (Å²) in [7, 11) is 0. The molecule has 0 aliphatic carbocycles. The maximum Gasteiger partial charge on any atom is 0.416 e. The molecule has 2 aromatic carbocycles. The molecule has 0 unspecified atom stereocenters. The summed E-state index contributed by atoms with van der Waals surface area (Å²) in [4.78, 5) is 4.24. The molecule has 0 aliphatic heterocycles. The Balaban J connectivity index is 2.08. The third-order valence-corrected chi connectivity index (χ3v) is 4.05. The van der Waals surface area contributed by atoms with Gasteiger partial charge in [-0.1, -0.05) is 12.1 Å². The number of hydrogen-bond acceptors (Lipinski definition) is 2. The molecular formula is C19H17F3N2. The van der Waals surface area contributed by atoms with E-state index in [1.54, 1.807) is 6.92 Å². The van der Waals surface area contributed by atoms with Gasteiger partial charge in [-0.25, -0.2) is 0 Å². The summed E-state index contributed by atoms with van der Waals surface area (Å²) in [6, 6.07) is 11.5. The van der Waals surface area contributed by atoms with Crippen molar-refractivity contribution in [2.75, 3.05) is 5.32 Å². The average molecular weight is 330 g/mol. The lowest BCUT2D eigenvalue weighted by molar-refractivity contribution is -0.137. The van der Waals surface area contributed by atoms with Crippen molar-refractivity contribution in [2.24, 2.45) is 0 Å². The summed E-state index contributed by atoms with van der Waals surface area (Å²) in [6.45, 7) is 5.82. The standard InChI is InChI=1S/C19H17F3N2/c1-11-4-6-15(8-12(11)2)24-17-9-13(3)23-18-10-14(19(20,21)22)5-7-16(17)18/h4-10H,1-3H3,(H,23,24). The van der Waals surface area contributed by atoms with Crippen LogP contribution in [0.25, 0.3) is 10.9 Å². The van der Waals surface area contributed by atoms with Gasteiger partial charge in [-0.3, -0.25) is 4.98 Å². The van der Waals surface area contributed by atoms with Crippen molar-refractivity contribution >= 4 is 22.3 Å². The van der Waals surface area contributed by atoms with Crippen LogP contribution < -0.4 is 5.32 Å². The van der Waals surface area contributed by atoms with Crippen LogP contribution in [0.4, 0.5) is 24.5 Å². The van der Waals surface area contributed by atoms with Crippen LogP contribution in [0, 0.1) is 20.8 Å². The lowest BCUT2D eigenvalue weighted by Crippen LogP contribution is -2.05. The van der Waals surface area contributed by atoms with Gasteiger partial charge in [0.2, 0.25) is 0 Å². The van der Waals surface area contributed by atoms with Crippen molar-refractivity contribution in [3.8, 4) is 0 Å². The van der Waals surface area contributed by atoms with E-state index in [9.17, 15) is 13.2 Å². The van der Waals surface area contributed by atoms with Crippen molar-refractivity contribution in [3.05, 3.63) is 64.8 Å². The van der Waals surface area contributed by atoms with Crippen molar-refractivity contribution in [1.29, 1.82) is 0 Å². The molecule has 5 heteroatoms. The number of fused-ring (bicyclic) bond motifs is 1. The van der Waals surface area contributed by atoms with Crippen LogP contribution in [0.3, 0.4) is 0 Å². The van der Waals surface area contributed by atoms with E-state index in [1.807, 2.05) is 38.1 Å². The number of pyridine rings is 1. The summed E-state index contributed by atoms with van der Waals surface area (Å²) in [5, 5.41) is 3.95. The van der Waals surface area contributed by atoms with Crippen LogP contribution >= 0.6 is 0 Å². The van der Waals surface area contributed by atoms with Crippen molar-refractivity contribution < 1.29 is 13.2 Å². The second kappa shape index (κ2) is 5.82. The second-order valence-electron chi connectivity index (χ2n) is 5.96. The Morgan fingerprint density at radius 1 is 0.875 bits per heavy atom. The Bertz CT molecular complexity index is 914. The molecule has 124 valence electrons. The fourth-order valence-electron chi connectivity index (χ4n) is 2.62. The fourth-order valence-corrected chi connectivity index (χ4v) is 2.62. The van der Waals surface area contributed by atoms with Gasteiger partial charge >= 0.3 is 6.18 Å². The van der Waals surface area contributed by atoms with Gasteiger partial charge in [0.15, 0.2) is 0 Å². The van der Waals surface area contributed by atoms with Gasteiger partial charge in [-0.05, 0) is 62.2 Å². The van der Waals surface area contributed by atoms with E-state index in [2.05, 4.69) is 10.3 Å². The van der Waals surface area contributed by atoms with E-state index >= 15 is 0 Å². The van der Waals surface area contributed by atoms with Crippen molar-refractivity contribution in [3.63, 3.8) is 0 Å². The minimum Gasteiger partial charge on any atom is -0.355 e. The highest BCUT2D eigenvalue weighted by molar-refractivity contribution is 5.93. The minimum absolute atomic E-state index is 0.330. The SMILES string of the molecule is Cc1cc(Nc2ccc(C)c(C)c2)c2ccc(C(F)(F)F)cc2n1. The molecule has 0 aliphatic rings. The maximum atomic E-state index is 12.9. The third-order valence-electron chi connectivity index (χ3n) is 4.05. The number of benzene rings is 2. The van der Waals surface area contributed by atoms with Crippen LogP contribution in [0.1, 0.15) is 22.4 Å². The molecule has 0 bridgehead atoms. The fraction of sp³-hybridized carbons (Fsp3) is 0.211. The summed E-state index contributed by atoms with van der Waals surface area (Å²) < 4.78 is 38.7. The Labute approximate surface area is 138 Å². The predicted molar refractivity (Wildman–Crippen MR) is 90.7 cm³/mol. The molecule has 0 spiro atoms. The van der Waals surface area contributed by atoms with Crippen LogP contribution in [0.2, 0.25) is 0 Å². The highest BCUT2D eigenvalue weighted by Gasteiger charge is 2.30. The van der Waals surface area contributed by atoms with Gasteiger partial charge in [0, 0.05) is 22.5 Å². The van der Waals surface area contributed by atoms with Crippen LogP contribution in [0.15, 0.2) is 42.5 Å². The number of rotatable bonds is 2. The molecule has 0 amide bonds. The van der Waals surface area contributed by atoms with E-state index < -0.39 is 11.7 Å². The number of anilines is 2. The van der Waals surface area contributed by atoms with Crippen LogP contribution in [-0.2, 0) is 6.18 Å². The molecule has 1 aromatic heterocycles. The van der Waals surface area contributed by atoms with Crippen molar-refractivity contribution in [2.45, 2.75) is 26.9 Å². The van der Waals surface area contributed by atoms with Gasteiger partial charge in [-0.15, -0.1) is 0 Å². The van der Waals surface area contributed by atoms with E-state index in [4.69, 9.17) is 0 Å². The first-order valence-electron chi connectivity index (χ1n) is 7.57. The number of hydrogen-bond donors (Lipinski definition) is 1. The van der Waals surface area contributed by atoms with Gasteiger partial charge in [-0.2, -0.15) is 13.2 Å². The third kappa shape index (κ3) is 3.20. The first-order chi connectivity index (χ1) is 11.2. The summed E-state index contributed by atoms with van der Waals surface area (Å²) in [6.07, 6.45) is -4.37. The zero-order valence-corrected chi connectivity index (χ0v) is 13.6. The minimum atomic E-state index is -4.37. The number of aryl methyl sites for hydroxylation is 3. The topological polar surface area (TPSA) is 24.9 Å². The van der Waals surface area contributed by atoms with Gasteiger partial charge in [0.25, 0.3) is 0 Å². The largest absolute Gasteiger partial charge is 0.416 e. The van der Waals surface area contributed by atoms with E-state index in [-0.39, 0.29) is 0 Å². The number of nitrogens with zero attached hydrogens (tertiary/aromatic N) is 1. The molecule has 1 heterocycles. The Morgan fingerprint density at radius 2 is 1.62 bits per heavy atom. The molecule has 1 N–H and O–H groups in total. The number of aromatic nitrogens is 1. The quantitative estimate of drug-likeness (QED) is 0.630. The second-order valence-corrected chi connectivity index (χ2v) is 5.96. The predicted octanol–water partition coefficient (Wildman–Crippen LogP) is 5.92. The zero-order valence-electron chi connectivity index (χ0n) is 13.6. The number of halogens is 3. The molecule has 0 saturated heterocycles. The molecule has 24 heavy (non-hydrogen) atoms. The summed E-state index contributed by atoms with van der Waals surface area (Å²) >= 11 is 0. The smallest absolute Gasteiger partial charge is 0.355 e. The molecule has 0 radical (unpaired) electrons. The zero-order chi connectivity index (χ0) is 17.5.